The van der Waals surface area contributed by atoms with E-state index in [0.29, 0.717) is 5.41 Å². The maximum Gasteiger partial charge on any atom is 0.121 e. The normalized spacial score (nSPS) is 21.7. The van der Waals surface area contributed by atoms with Crippen molar-refractivity contribution in [3.63, 3.8) is 0 Å². The molecular weight excluding hydrogens is 224 g/mol. The van der Waals surface area contributed by atoms with Crippen LogP contribution in [0.3, 0.4) is 0 Å². The quantitative estimate of drug-likeness (QED) is 0.815. The Morgan fingerprint density at radius 2 is 1.89 bits per heavy atom. The number of nitrogens with two attached hydrogens (primary N) is 1. The number of methoxy groups -OCH3 is 1. The maximum absolute atomic E-state index is 6.08. The highest BCUT2D eigenvalue weighted by Gasteiger charge is 2.43. The molecule has 2 fully saturated rings. The van der Waals surface area contributed by atoms with E-state index in [4.69, 9.17) is 10.5 Å². The smallest absolute Gasteiger partial charge is 0.121 e. The first-order chi connectivity index (χ1) is 8.72. The molecule has 1 aliphatic carbocycles. The summed E-state index contributed by atoms with van der Waals surface area (Å²) in [5.74, 6) is 0.892. The maximum atomic E-state index is 6.08. The van der Waals surface area contributed by atoms with E-state index in [1.807, 2.05) is 12.1 Å². The summed E-state index contributed by atoms with van der Waals surface area (Å²) < 4.78 is 5.28. The Hall–Kier alpha value is -1.38. The lowest BCUT2D eigenvalue weighted by Crippen LogP contribution is -2.57. The summed E-state index contributed by atoms with van der Waals surface area (Å²) in [7, 11) is 1.70. The predicted octanol–water partition coefficient (Wildman–Crippen LogP) is 3.05. The van der Waals surface area contributed by atoms with Gasteiger partial charge in [0.2, 0.25) is 0 Å². The third kappa shape index (κ3) is 1.92. The third-order valence-electron chi connectivity index (χ3n) is 4.55. The number of benzene rings is 1. The van der Waals surface area contributed by atoms with E-state index < -0.39 is 0 Å². The lowest BCUT2D eigenvalue weighted by molar-refractivity contribution is 0.139. The molecule has 1 aromatic rings. The van der Waals surface area contributed by atoms with Crippen molar-refractivity contribution in [3.05, 3.63) is 18.2 Å². The van der Waals surface area contributed by atoms with Crippen molar-refractivity contribution in [2.24, 2.45) is 5.41 Å². The van der Waals surface area contributed by atoms with Gasteiger partial charge in [0.25, 0.3) is 0 Å². The minimum Gasteiger partial charge on any atom is -0.497 e. The van der Waals surface area contributed by atoms with E-state index in [0.717, 1.165) is 17.1 Å². The molecule has 0 atom stereocenters. The fraction of sp³-hybridized carbons (Fsp3) is 0.600. The van der Waals surface area contributed by atoms with Crippen molar-refractivity contribution in [1.82, 2.24) is 0 Å². The van der Waals surface area contributed by atoms with Gasteiger partial charge in [0.1, 0.15) is 5.75 Å². The zero-order valence-electron chi connectivity index (χ0n) is 11.1. The Bertz CT molecular complexity index is 430. The molecule has 0 radical (unpaired) electrons. The highest BCUT2D eigenvalue weighted by molar-refractivity contribution is 5.71. The van der Waals surface area contributed by atoms with Crippen molar-refractivity contribution in [3.8, 4) is 5.75 Å². The summed E-state index contributed by atoms with van der Waals surface area (Å²) in [5, 5.41) is 0. The molecule has 1 heterocycles. The Labute approximate surface area is 109 Å². The Morgan fingerprint density at radius 1 is 1.17 bits per heavy atom. The van der Waals surface area contributed by atoms with Gasteiger partial charge in [-0.25, -0.2) is 0 Å². The van der Waals surface area contributed by atoms with Crippen LogP contribution in [0.15, 0.2) is 18.2 Å². The highest BCUT2D eigenvalue weighted by atomic mass is 16.5. The number of nitrogen functional groups attached to an aromatic ring is 1. The van der Waals surface area contributed by atoms with E-state index in [1.54, 1.807) is 7.11 Å². The van der Waals surface area contributed by atoms with Gasteiger partial charge in [-0.1, -0.05) is 19.3 Å². The molecule has 2 N–H and O–H groups in total. The van der Waals surface area contributed by atoms with E-state index in [2.05, 4.69) is 11.0 Å². The van der Waals surface area contributed by atoms with Gasteiger partial charge in [0.05, 0.1) is 18.5 Å². The van der Waals surface area contributed by atoms with Crippen LogP contribution in [0.4, 0.5) is 11.4 Å². The van der Waals surface area contributed by atoms with Crippen molar-refractivity contribution < 1.29 is 4.74 Å². The van der Waals surface area contributed by atoms with Crippen LogP contribution in [0.2, 0.25) is 0 Å². The zero-order valence-corrected chi connectivity index (χ0v) is 11.1. The standard InChI is InChI=1S/C15H22N2O/c1-18-12-5-6-13(16)14(9-12)17-10-15(11-17)7-3-2-4-8-15/h5-6,9H,2-4,7-8,10-11,16H2,1H3. The van der Waals surface area contributed by atoms with Crippen molar-refractivity contribution in [2.45, 2.75) is 32.1 Å². The number of hydrogen-bond donors (Lipinski definition) is 1. The zero-order chi connectivity index (χ0) is 12.6. The fourth-order valence-corrected chi connectivity index (χ4v) is 3.48. The van der Waals surface area contributed by atoms with Gasteiger partial charge in [0.15, 0.2) is 0 Å². The molecule has 1 aliphatic heterocycles. The second-order valence-corrected chi connectivity index (χ2v) is 5.84. The fourth-order valence-electron chi connectivity index (χ4n) is 3.48. The molecule has 0 bridgehead atoms. The van der Waals surface area contributed by atoms with Crippen molar-refractivity contribution in [1.29, 1.82) is 0 Å². The first kappa shape index (κ1) is 11.7. The largest absolute Gasteiger partial charge is 0.497 e. The summed E-state index contributed by atoms with van der Waals surface area (Å²) in [4.78, 5) is 2.41. The molecular formula is C15H22N2O. The first-order valence-electron chi connectivity index (χ1n) is 6.91. The van der Waals surface area contributed by atoms with Crippen LogP contribution in [0.5, 0.6) is 5.75 Å². The van der Waals surface area contributed by atoms with E-state index in [1.165, 1.54) is 45.2 Å². The van der Waals surface area contributed by atoms with Gasteiger partial charge in [-0.2, -0.15) is 0 Å². The molecule has 3 rings (SSSR count). The van der Waals surface area contributed by atoms with Crippen LogP contribution in [0, 0.1) is 5.41 Å². The van der Waals surface area contributed by atoms with Crippen LogP contribution in [-0.2, 0) is 0 Å². The molecule has 1 saturated carbocycles. The van der Waals surface area contributed by atoms with E-state index in [9.17, 15) is 0 Å². The molecule has 0 aromatic heterocycles. The lowest BCUT2D eigenvalue weighted by atomic mass is 9.68. The molecule has 3 heteroatoms. The summed E-state index contributed by atoms with van der Waals surface area (Å²) in [6.07, 6.45) is 7.02. The van der Waals surface area contributed by atoms with E-state index in [-0.39, 0.29) is 0 Å². The molecule has 0 unspecified atom stereocenters. The number of anilines is 2. The van der Waals surface area contributed by atoms with E-state index >= 15 is 0 Å². The van der Waals surface area contributed by atoms with Crippen LogP contribution in [-0.4, -0.2) is 20.2 Å². The lowest BCUT2D eigenvalue weighted by Gasteiger charge is -2.53. The Balaban J connectivity index is 1.74. The second-order valence-electron chi connectivity index (χ2n) is 5.84. The monoisotopic (exact) mass is 246 g/mol. The van der Waals surface area contributed by atoms with Crippen LogP contribution in [0.25, 0.3) is 0 Å². The summed E-state index contributed by atoms with van der Waals surface area (Å²) in [6, 6.07) is 5.93. The minimum absolute atomic E-state index is 0.591. The molecule has 1 saturated heterocycles. The van der Waals surface area contributed by atoms with Gasteiger partial charge < -0.3 is 15.4 Å². The van der Waals surface area contributed by atoms with Crippen LogP contribution >= 0.6 is 0 Å². The number of nitrogens with zero attached hydrogens (tertiary/aromatic N) is 1. The summed E-state index contributed by atoms with van der Waals surface area (Å²) in [5.41, 5.74) is 8.67. The molecule has 18 heavy (non-hydrogen) atoms. The van der Waals surface area contributed by atoms with Gasteiger partial charge in [-0.3, -0.25) is 0 Å². The number of rotatable bonds is 2. The minimum atomic E-state index is 0.591. The number of ether oxygens (including phenoxy) is 1. The molecule has 1 aromatic carbocycles. The average Bonchev–Trinajstić information content (AvgIpc) is 2.38. The first-order valence-corrected chi connectivity index (χ1v) is 6.91. The Morgan fingerprint density at radius 3 is 2.56 bits per heavy atom. The second kappa shape index (κ2) is 4.38. The molecule has 3 nitrogen and oxygen atoms in total. The van der Waals surface area contributed by atoms with Gasteiger partial charge in [-0.05, 0) is 25.0 Å². The average molecular weight is 246 g/mol. The van der Waals surface area contributed by atoms with Gasteiger partial charge in [0, 0.05) is 24.6 Å². The van der Waals surface area contributed by atoms with Crippen molar-refractivity contribution in [2.75, 3.05) is 30.8 Å². The summed E-state index contributed by atoms with van der Waals surface area (Å²) in [6.45, 7) is 2.34. The molecule has 2 aliphatic rings. The summed E-state index contributed by atoms with van der Waals surface area (Å²) >= 11 is 0. The van der Waals surface area contributed by atoms with Gasteiger partial charge >= 0.3 is 0 Å². The molecule has 1 spiro atoms. The number of hydrogen-bond acceptors (Lipinski definition) is 3. The van der Waals surface area contributed by atoms with Crippen LogP contribution in [0.1, 0.15) is 32.1 Å². The predicted molar refractivity (Wildman–Crippen MR) is 75.1 cm³/mol. The van der Waals surface area contributed by atoms with Gasteiger partial charge in [-0.15, -0.1) is 0 Å². The SMILES string of the molecule is COc1ccc(N)c(N2CC3(CCCCC3)C2)c1. The van der Waals surface area contributed by atoms with Crippen LogP contribution < -0.4 is 15.4 Å². The Kier molecular flexibility index (Phi) is 2.84. The molecule has 0 amide bonds. The topological polar surface area (TPSA) is 38.5 Å². The highest BCUT2D eigenvalue weighted by Crippen LogP contribution is 2.46. The van der Waals surface area contributed by atoms with Crippen molar-refractivity contribution >= 4 is 11.4 Å². The molecule has 98 valence electrons. The third-order valence-corrected chi connectivity index (χ3v) is 4.55.